The van der Waals surface area contributed by atoms with Gasteiger partial charge in [-0.1, -0.05) is 19.8 Å². The molecular formula is C9H15ClO3. The van der Waals surface area contributed by atoms with Crippen molar-refractivity contribution in [3.05, 3.63) is 0 Å². The molecule has 0 amide bonds. The van der Waals surface area contributed by atoms with Crippen molar-refractivity contribution in [3.8, 4) is 0 Å². The largest absolute Gasteiger partial charge is 0.509 e. The van der Waals surface area contributed by atoms with Gasteiger partial charge in [-0.2, -0.15) is 0 Å². The second-order valence-electron chi connectivity index (χ2n) is 3.21. The number of halogens is 1. The van der Waals surface area contributed by atoms with Gasteiger partial charge in [0.25, 0.3) is 0 Å². The van der Waals surface area contributed by atoms with Gasteiger partial charge >= 0.3 is 6.16 Å². The van der Waals surface area contributed by atoms with Gasteiger partial charge in [0.1, 0.15) is 6.10 Å². The number of carbonyl (C=O) groups is 1. The summed E-state index contributed by atoms with van der Waals surface area (Å²) in [6.45, 7) is 2.14. The molecule has 13 heavy (non-hydrogen) atoms. The molecule has 76 valence electrons. The molecule has 0 bridgehead atoms. The molecule has 1 rings (SSSR count). The Morgan fingerprint density at radius 3 is 2.62 bits per heavy atom. The predicted octanol–water partition coefficient (Wildman–Crippen LogP) is 2.71. The lowest BCUT2D eigenvalue weighted by atomic mass is 10.1. The molecule has 0 saturated carbocycles. The third-order valence-corrected chi connectivity index (χ3v) is 2.46. The molecule has 3 nitrogen and oxygen atoms in total. The zero-order chi connectivity index (χ0) is 9.68. The lowest BCUT2D eigenvalue weighted by Gasteiger charge is -2.11. The first-order valence-corrected chi connectivity index (χ1v) is 5.24. The maximum absolute atomic E-state index is 10.8. The van der Waals surface area contributed by atoms with Gasteiger partial charge in [0, 0.05) is 0 Å². The first-order chi connectivity index (χ1) is 6.27. The summed E-state index contributed by atoms with van der Waals surface area (Å²) in [5.41, 5.74) is 0. The minimum absolute atomic E-state index is 0.128. The molecule has 4 heteroatoms. The normalized spacial score (nSPS) is 27.1. The van der Waals surface area contributed by atoms with Crippen LogP contribution < -0.4 is 0 Å². The maximum Gasteiger partial charge on any atom is 0.509 e. The Kier molecular flexibility index (Phi) is 4.36. The molecule has 2 atom stereocenters. The molecule has 0 aromatic heterocycles. The van der Waals surface area contributed by atoms with E-state index in [-0.39, 0.29) is 12.2 Å². The Morgan fingerprint density at radius 1 is 1.31 bits per heavy atom. The van der Waals surface area contributed by atoms with E-state index in [1.54, 1.807) is 0 Å². The predicted molar refractivity (Wildman–Crippen MR) is 50.0 cm³/mol. The van der Waals surface area contributed by atoms with E-state index in [0.29, 0.717) is 5.88 Å². The second kappa shape index (κ2) is 5.32. The number of hydrogen-bond acceptors (Lipinski definition) is 3. The van der Waals surface area contributed by atoms with Crippen LogP contribution in [0.3, 0.4) is 0 Å². The first-order valence-electron chi connectivity index (χ1n) is 4.71. The van der Waals surface area contributed by atoms with E-state index in [2.05, 4.69) is 6.92 Å². The van der Waals surface area contributed by atoms with Gasteiger partial charge in [-0.25, -0.2) is 4.79 Å². The molecule has 1 saturated heterocycles. The summed E-state index contributed by atoms with van der Waals surface area (Å²) in [7, 11) is 0. The van der Waals surface area contributed by atoms with Crippen LogP contribution in [0.4, 0.5) is 4.79 Å². The average molecular weight is 207 g/mol. The SMILES string of the molecule is CCCCC[C@H]1OC(=O)O[C@@H]1CCl. The highest BCUT2D eigenvalue weighted by Crippen LogP contribution is 2.21. The molecule has 1 heterocycles. The van der Waals surface area contributed by atoms with Crippen LogP contribution in [0.5, 0.6) is 0 Å². The van der Waals surface area contributed by atoms with Crippen LogP contribution in [0.2, 0.25) is 0 Å². The summed E-state index contributed by atoms with van der Waals surface area (Å²) in [6, 6.07) is 0. The Morgan fingerprint density at radius 2 is 2.00 bits per heavy atom. The molecule has 1 fully saturated rings. The van der Waals surface area contributed by atoms with Crippen molar-refractivity contribution in [2.45, 2.75) is 44.8 Å². The van der Waals surface area contributed by atoms with Crippen LogP contribution in [0.1, 0.15) is 32.6 Å². The monoisotopic (exact) mass is 206 g/mol. The van der Waals surface area contributed by atoms with Crippen molar-refractivity contribution < 1.29 is 14.3 Å². The average Bonchev–Trinajstić information content (AvgIpc) is 2.47. The van der Waals surface area contributed by atoms with Crippen molar-refractivity contribution in [1.29, 1.82) is 0 Å². The second-order valence-corrected chi connectivity index (χ2v) is 3.52. The molecule has 1 aliphatic heterocycles. The highest BCUT2D eigenvalue weighted by Gasteiger charge is 2.35. The third kappa shape index (κ3) is 3.07. The van der Waals surface area contributed by atoms with Crippen LogP contribution >= 0.6 is 11.6 Å². The van der Waals surface area contributed by atoms with E-state index in [1.807, 2.05) is 0 Å². The molecular weight excluding hydrogens is 192 g/mol. The summed E-state index contributed by atoms with van der Waals surface area (Å²) < 4.78 is 9.83. The Bertz CT molecular complexity index is 172. The van der Waals surface area contributed by atoms with Gasteiger partial charge in [0.2, 0.25) is 0 Å². The summed E-state index contributed by atoms with van der Waals surface area (Å²) in [6.07, 6.45) is 3.29. The highest BCUT2D eigenvalue weighted by atomic mass is 35.5. The van der Waals surface area contributed by atoms with E-state index in [1.165, 1.54) is 0 Å². The fourth-order valence-corrected chi connectivity index (χ4v) is 1.66. The lowest BCUT2D eigenvalue weighted by Crippen LogP contribution is -2.23. The van der Waals surface area contributed by atoms with Crippen LogP contribution in [0, 0.1) is 0 Å². The van der Waals surface area contributed by atoms with E-state index < -0.39 is 6.16 Å². The fourth-order valence-electron chi connectivity index (χ4n) is 1.40. The van der Waals surface area contributed by atoms with Crippen LogP contribution in [-0.2, 0) is 9.47 Å². The quantitative estimate of drug-likeness (QED) is 0.394. The highest BCUT2D eigenvalue weighted by molar-refractivity contribution is 6.18. The number of cyclic esters (lactones) is 2. The van der Waals surface area contributed by atoms with Gasteiger partial charge in [0.15, 0.2) is 6.10 Å². The maximum atomic E-state index is 10.8. The molecule has 0 radical (unpaired) electrons. The van der Waals surface area contributed by atoms with Crippen molar-refractivity contribution in [1.82, 2.24) is 0 Å². The number of carbonyl (C=O) groups excluding carboxylic acids is 1. The lowest BCUT2D eigenvalue weighted by molar-refractivity contribution is 0.115. The molecule has 0 aliphatic carbocycles. The van der Waals surface area contributed by atoms with E-state index in [9.17, 15) is 4.79 Å². The third-order valence-electron chi connectivity index (χ3n) is 2.15. The van der Waals surface area contributed by atoms with E-state index >= 15 is 0 Å². The van der Waals surface area contributed by atoms with Crippen LogP contribution in [0.15, 0.2) is 0 Å². The van der Waals surface area contributed by atoms with Gasteiger partial charge in [-0.15, -0.1) is 11.6 Å². The summed E-state index contributed by atoms with van der Waals surface area (Å²) >= 11 is 5.62. The Hall–Kier alpha value is -0.440. The molecule has 0 aromatic carbocycles. The fraction of sp³-hybridized carbons (Fsp3) is 0.889. The van der Waals surface area contributed by atoms with Crippen molar-refractivity contribution in [2.75, 3.05) is 5.88 Å². The molecule has 0 N–H and O–H groups in total. The van der Waals surface area contributed by atoms with Crippen molar-refractivity contribution in [3.63, 3.8) is 0 Å². The first kappa shape index (κ1) is 10.6. The van der Waals surface area contributed by atoms with E-state index in [4.69, 9.17) is 21.1 Å². The molecule has 1 aliphatic rings. The number of hydrogen-bond donors (Lipinski definition) is 0. The smallest absolute Gasteiger partial charge is 0.427 e. The van der Waals surface area contributed by atoms with Crippen molar-refractivity contribution in [2.24, 2.45) is 0 Å². The molecule has 0 unspecified atom stereocenters. The van der Waals surface area contributed by atoms with E-state index in [0.717, 1.165) is 25.7 Å². The number of unbranched alkanes of at least 4 members (excludes halogenated alkanes) is 2. The topological polar surface area (TPSA) is 35.5 Å². The Balaban J connectivity index is 2.27. The van der Waals surface area contributed by atoms with Gasteiger partial charge in [-0.05, 0) is 12.8 Å². The van der Waals surface area contributed by atoms with Gasteiger partial charge in [0.05, 0.1) is 5.88 Å². The summed E-state index contributed by atoms with van der Waals surface area (Å²) in [4.78, 5) is 10.8. The van der Waals surface area contributed by atoms with Gasteiger partial charge < -0.3 is 9.47 Å². The standard InChI is InChI=1S/C9H15ClO3/c1-2-3-4-5-7-8(6-10)13-9(11)12-7/h7-8H,2-6H2,1H3/t7-,8-/m1/s1. The molecule has 0 spiro atoms. The molecule has 0 aromatic rings. The Labute approximate surface area is 83.3 Å². The zero-order valence-electron chi connectivity index (χ0n) is 7.79. The zero-order valence-corrected chi connectivity index (χ0v) is 8.55. The van der Waals surface area contributed by atoms with Crippen LogP contribution in [-0.4, -0.2) is 24.2 Å². The number of rotatable bonds is 5. The number of ether oxygens (including phenoxy) is 2. The minimum atomic E-state index is -0.577. The minimum Gasteiger partial charge on any atom is -0.427 e. The number of alkyl halides is 1. The van der Waals surface area contributed by atoms with Gasteiger partial charge in [-0.3, -0.25) is 0 Å². The summed E-state index contributed by atoms with van der Waals surface area (Å²) in [5, 5.41) is 0. The van der Waals surface area contributed by atoms with Crippen LogP contribution in [0.25, 0.3) is 0 Å². The van der Waals surface area contributed by atoms with Crippen molar-refractivity contribution >= 4 is 17.8 Å². The summed E-state index contributed by atoms with van der Waals surface area (Å²) in [5.74, 6) is 0.322.